The third kappa shape index (κ3) is 4.18. The smallest absolute Gasteiger partial charge is 0.469 e. The SMILES string of the molecule is COC(=O)C1C=CC(NCc2ccc(B3OC(C)(C)C(C)(C)O3)cc2)=CC1C. The highest BCUT2D eigenvalue weighted by Gasteiger charge is 2.51. The van der Waals surface area contributed by atoms with Gasteiger partial charge < -0.3 is 19.4 Å². The Balaban J connectivity index is 1.58. The summed E-state index contributed by atoms with van der Waals surface area (Å²) in [5, 5.41) is 3.42. The molecule has 0 amide bonds. The molecule has 1 fully saturated rings. The van der Waals surface area contributed by atoms with Gasteiger partial charge in [-0.1, -0.05) is 43.3 Å². The van der Waals surface area contributed by atoms with Crippen LogP contribution < -0.4 is 10.8 Å². The predicted molar refractivity (Wildman–Crippen MR) is 111 cm³/mol. The summed E-state index contributed by atoms with van der Waals surface area (Å²) in [7, 11) is 1.08. The quantitative estimate of drug-likeness (QED) is 0.626. The van der Waals surface area contributed by atoms with Gasteiger partial charge in [-0.25, -0.2) is 0 Å². The van der Waals surface area contributed by atoms with Crippen LogP contribution in [0.1, 0.15) is 40.2 Å². The Morgan fingerprint density at radius 3 is 2.29 bits per heavy atom. The number of esters is 1. The number of hydrogen-bond donors (Lipinski definition) is 1. The van der Waals surface area contributed by atoms with Gasteiger partial charge in [0.15, 0.2) is 0 Å². The number of nitrogens with one attached hydrogen (secondary N) is 1. The first-order valence-electron chi connectivity index (χ1n) is 9.79. The zero-order valence-electron chi connectivity index (χ0n) is 17.6. The first kappa shape index (κ1) is 20.7. The van der Waals surface area contributed by atoms with E-state index < -0.39 is 0 Å². The van der Waals surface area contributed by atoms with Gasteiger partial charge in [0.25, 0.3) is 0 Å². The maximum atomic E-state index is 11.7. The third-order valence-electron chi connectivity index (χ3n) is 5.97. The second-order valence-electron chi connectivity index (χ2n) is 8.57. The standard InChI is InChI=1S/C22H30BNO4/c1-15-13-18(11-12-19(15)20(25)26-6)24-14-16-7-9-17(10-8-16)23-27-21(2,3)22(4,5)28-23/h7-13,15,19,24H,14H2,1-6H3. The molecule has 0 spiro atoms. The number of allylic oxidation sites excluding steroid dienone is 2. The summed E-state index contributed by atoms with van der Waals surface area (Å²) < 4.78 is 17.0. The highest BCUT2D eigenvalue weighted by Crippen LogP contribution is 2.36. The Labute approximate surface area is 168 Å². The zero-order valence-corrected chi connectivity index (χ0v) is 17.6. The molecule has 1 aliphatic carbocycles. The van der Waals surface area contributed by atoms with Crippen molar-refractivity contribution in [3.05, 3.63) is 53.8 Å². The lowest BCUT2D eigenvalue weighted by Crippen LogP contribution is -2.41. The van der Waals surface area contributed by atoms with Crippen molar-refractivity contribution in [2.75, 3.05) is 7.11 Å². The van der Waals surface area contributed by atoms with Crippen LogP contribution in [0.3, 0.4) is 0 Å². The third-order valence-corrected chi connectivity index (χ3v) is 5.97. The van der Waals surface area contributed by atoms with Crippen LogP contribution in [0, 0.1) is 11.8 Å². The monoisotopic (exact) mass is 383 g/mol. The van der Waals surface area contributed by atoms with E-state index >= 15 is 0 Å². The van der Waals surface area contributed by atoms with Gasteiger partial charge in [0.1, 0.15) is 0 Å². The Hall–Kier alpha value is -2.05. The van der Waals surface area contributed by atoms with Crippen molar-refractivity contribution in [3.8, 4) is 0 Å². The summed E-state index contributed by atoms with van der Waals surface area (Å²) in [6, 6.07) is 8.28. The topological polar surface area (TPSA) is 56.8 Å². The van der Waals surface area contributed by atoms with E-state index in [1.165, 1.54) is 7.11 Å². The second-order valence-corrected chi connectivity index (χ2v) is 8.57. The summed E-state index contributed by atoms with van der Waals surface area (Å²) in [6.07, 6.45) is 5.92. The lowest BCUT2D eigenvalue weighted by molar-refractivity contribution is -0.144. The van der Waals surface area contributed by atoms with Crippen LogP contribution in [0.15, 0.2) is 48.2 Å². The van der Waals surface area contributed by atoms with Gasteiger partial charge >= 0.3 is 13.1 Å². The van der Waals surface area contributed by atoms with Gasteiger partial charge in [-0.15, -0.1) is 0 Å². The fraction of sp³-hybridized carbons (Fsp3) is 0.500. The number of ether oxygens (including phenoxy) is 1. The van der Waals surface area contributed by atoms with E-state index in [-0.39, 0.29) is 36.1 Å². The first-order valence-corrected chi connectivity index (χ1v) is 9.79. The summed E-state index contributed by atoms with van der Waals surface area (Å²) in [4.78, 5) is 11.7. The molecule has 2 aliphatic rings. The summed E-state index contributed by atoms with van der Waals surface area (Å²) >= 11 is 0. The lowest BCUT2D eigenvalue weighted by Gasteiger charge is -2.32. The molecule has 1 aromatic rings. The van der Waals surface area contributed by atoms with Crippen LogP contribution in [-0.4, -0.2) is 31.4 Å². The molecule has 2 unspecified atom stereocenters. The van der Waals surface area contributed by atoms with Crippen LogP contribution in [0.2, 0.25) is 0 Å². The number of benzene rings is 1. The molecule has 1 N–H and O–H groups in total. The van der Waals surface area contributed by atoms with Crippen LogP contribution in [0.5, 0.6) is 0 Å². The maximum absolute atomic E-state index is 11.7. The Bertz CT molecular complexity index is 766. The van der Waals surface area contributed by atoms with Crippen LogP contribution in [0.4, 0.5) is 0 Å². The lowest BCUT2D eigenvalue weighted by atomic mass is 9.79. The molecule has 0 saturated carbocycles. The van der Waals surface area contributed by atoms with Crippen molar-refractivity contribution >= 4 is 18.6 Å². The molecule has 0 bridgehead atoms. The maximum Gasteiger partial charge on any atom is 0.494 e. The minimum atomic E-state index is -0.341. The molecule has 1 aromatic carbocycles. The van der Waals surface area contributed by atoms with E-state index in [9.17, 15) is 4.79 Å². The van der Waals surface area contributed by atoms with Gasteiger partial charge in [-0.05, 0) is 50.7 Å². The highest BCUT2D eigenvalue weighted by atomic mass is 16.7. The molecule has 1 heterocycles. The average Bonchev–Trinajstić information content (AvgIpc) is 2.87. The van der Waals surface area contributed by atoms with Crippen molar-refractivity contribution in [2.45, 2.75) is 52.4 Å². The van der Waals surface area contributed by atoms with E-state index in [4.69, 9.17) is 14.0 Å². The molecular weight excluding hydrogens is 353 g/mol. The highest BCUT2D eigenvalue weighted by molar-refractivity contribution is 6.62. The van der Waals surface area contributed by atoms with E-state index in [0.29, 0.717) is 6.54 Å². The molecule has 1 aliphatic heterocycles. The molecule has 5 nitrogen and oxygen atoms in total. The van der Waals surface area contributed by atoms with E-state index in [0.717, 1.165) is 16.7 Å². The molecule has 2 atom stereocenters. The molecule has 150 valence electrons. The summed E-state index contributed by atoms with van der Waals surface area (Å²) in [6.45, 7) is 11.0. The largest absolute Gasteiger partial charge is 0.494 e. The van der Waals surface area contributed by atoms with E-state index in [1.54, 1.807) is 0 Å². The Morgan fingerprint density at radius 2 is 1.75 bits per heavy atom. The van der Waals surface area contributed by atoms with Crippen molar-refractivity contribution in [3.63, 3.8) is 0 Å². The van der Waals surface area contributed by atoms with Crippen LogP contribution in [0.25, 0.3) is 0 Å². The Morgan fingerprint density at radius 1 is 1.14 bits per heavy atom. The van der Waals surface area contributed by atoms with Gasteiger partial charge in [0.2, 0.25) is 0 Å². The number of carbonyl (C=O) groups excluding carboxylic acids is 1. The second kappa shape index (κ2) is 7.76. The zero-order chi connectivity index (χ0) is 20.5. The number of methoxy groups -OCH3 is 1. The average molecular weight is 383 g/mol. The fourth-order valence-electron chi connectivity index (χ4n) is 3.35. The predicted octanol–water partition coefficient (Wildman–Crippen LogP) is 2.95. The first-order chi connectivity index (χ1) is 13.1. The number of carbonyl (C=O) groups is 1. The van der Waals surface area contributed by atoms with Crippen molar-refractivity contribution in [1.29, 1.82) is 0 Å². The minimum absolute atomic E-state index is 0.102. The number of hydrogen-bond acceptors (Lipinski definition) is 5. The van der Waals surface area contributed by atoms with E-state index in [1.807, 2.05) is 19.1 Å². The molecule has 0 radical (unpaired) electrons. The molecular formula is C22H30BNO4. The van der Waals surface area contributed by atoms with Crippen molar-refractivity contribution in [1.82, 2.24) is 5.32 Å². The van der Waals surface area contributed by atoms with Gasteiger partial charge in [-0.3, -0.25) is 4.79 Å². The van der Waals surface area contributed by atoms with Crippen LogP contribution in [-0.2, 0) is 25.4 Å². The molecule has 3 rings (SSSR count). The van der Waals surface area contributed by atoms with Gasteiger partial charge in [0, 0.05) is 12.2 Å². The molecule has 28 heavy (non-hydrogen) atoms. The van der Waals surface area contributed by atoms with E-state index in [2.05, 4.69) is 63.4 Å². The normalized spacial score (nSPS) is 25.4. The van der Waals surface area contributed by atoms with Gasteiger partial charge in [-0.2, -0.15) is 0 Å². The molecule has 0 aromatic heterocycles. The molecule has 1 saturated heterocycles. The van der Waals surface area contributed by atoms with Crippen LogP contribution >= 0.6 is 0 Å². The Kier molecular flexibility index (Phi) is 5.73. The summed E-state index contributed by atoms with van der Waals surface area (Å²) in [5.74, 6) is -0.308. The van der Waals surface area contributed by atoms with Gasteiger partial charge in [0.05, 0.1) is 24.2 Å². The minimum Gasteiger partial charge on any atom is -0.469 e. The number of rotatable bonds is 5. The molecule has 6 heteroatoms. The van der Waals surface area contributed by atoms with Crippen molar-refractivity contribution < 1.29 is 18.8 Å². The summed E-state index contributed by atoms with van der Waals surface area (Å²) in [5.41, 5.74) is 2.53. The van der Waals surface area contributed by atoms with Crippen molar-refractivity contribution in [2.24, 2.45) is 11.8 Å². The fourth-order valence-corrected chi connectivity index (χ4v) is 3.35.